The van der Waals surface area contributed by atoms with Gasteiger partial charge in [-0.25, -0.2) is 8.42 Å². The molecule has 2 saturated heterocycles. The first kappa shape index (κ1) is 19.7. The molecule has 0 bridgehead atoms. The lowest BCUT2D eigenvalue weighted by Crippen LogP contribution is -2.44. The summed E-state index contributed by atoms with van der Waals surface area (Å²) in [6.45, 7) is 4.95. The highest BCUT2D eigenvalue weighted by Gasteiger charge is 2.41. The first-order chi connectivity index (χ1) is 12.9. The first-order valence-electron chi connectivity index (χ1n) is 9.39. The van der Waals surface area contributed by atoms with Crippen LogP contribution in [-0.2, 0) is 19.4 Å². The molecule has 2 aliphatic rings. The van der Waals surface area contributed by atoms with Gasteiger partial charge in [0.15, 0.2) is 9.84 Å². The second-order valence-electron chi connectivity index (χ2n) is 6.99. The van der Waals surface area contributed by atoms with Crippen LogP contribution in [0, 0.1) is 5.92 Å². The van der Waals surface area contributed by atoms with Gasteiger partial charge >= 0.3 is 0 Å². The van der Waals surface area contributed by atoms with Crippen LogP contribution >= 0.6 is 0 Å². The van der Waals surface area contributed by atoms with Crippen molar-refractivity contribution >= 4 is 27.3 Å². The molecule has 0 aliphatic carbocycles. The molecule has 0 radical (unpaired) electrons. The van der Waals surface area contributed by atoms with Gasteiger partial charge in [0.25, 0.3) is 0 Å². The fourth-order valence-corrected chi connectivity index (χ4v) is 5.64. The number of sulfone groups is 1. The molecule has 0 aromatic heterocycles. The molecule has 2 fully saturated rings. The molecule has 2 atom stereocenters. The van der Waals surface area contributed by atoms with E-state index in [0.717, 1.165) is 0 Å². The number of nitrogens with zero attached hydrogens (tertiary/aromatic N) is 2. The van der Waals surface area contributed by atoms with Gasteiger partial charge < -0.3 is 14.5 Å². The molecule has 0 N–H and O–H groups in total. The quantitative estimate of drug-likeness (QED) is 0.730. The molecule has 0 spiro atoms. The van der Waals surface area contributed by atoms with Crippen molar-refractivity contribution in [1.29, 1.82) is 0 Å². The third kappa shape index (κ3) is 4.10. The molecule has 0 saturated carbocycles. The van der Waals surface area contributed by atoms with Gasteiger partial charge in [0.2, 0.25) is 11.8 Å². The Hall–Kier alpha value is -2.09. The number of para-hydroxylation sites is 2. The van der Waals surface area contributed by atoms with Gasteiger partial charge in [0.05, 0.1) is 29.7 Å². The fourth-order valence-electron chi connectivity index (χ4n) is 3.91. The highest BCUT2D eigenvalue weighted by atomic mass is 32.2. The van der Waals surface area contributed by atoms with Gasteiger partial charge in [-0.2, -0.15) is 0 Å². The van der Waals surface area contributed by atoms with E-state index in [1.807, 2.05) is 38.1 Å². The van der Waals surface area contributed by atoms with Crippen LogP contribution in [0.3, 0.4) is 0 Å². The highest BCUT2D eigenvalue weighted by molar-refractivity contribution is 7.91. The Kier molecular flexibility index (Phi) is 5.74. The van der Waals surface area contributed by atoms with Crippen LogP contribution in [0.1, 0.15) is 26.7 Å². The predicted octanol–water partition coefficient (Wildman–Crippen LogP) is 1.47. The van der Waals surface area contributed by atoms with Crippen molar-refractivity contribution in [1.82, 2.24) is 4.90 Å². The first-order valence-corrected chi connectivity index (χ1v) is 11.2. The number of hydrogen-bond acceptors (Lipinski definition) is 5. The Morgan fingerprint density at radius 2 is 2.04 bits per heavy atom. The number of anilines is 1. The van der Waals surface area contributed by atoms with Gasteiger partial charge in [-0.3, -0.25) is 9.59 Å². The van der Waals surface area contributed by atoms with Crippen LogP contribution in [0.15, 0.2) is 24.3 Å². The molecule has 2 heterocycles. The molecule has 8 heteroatoms. The number of amides is 2. The molecule has 1 aromatic rings. The molecule has 2 amide bonds. The van der Waals surface area contributed by atoms with Crippen molar-refractivity contribution in [2.75, 3.05) is 36.1 Å². The number of ether oxygens (including phenoxy) is 1. The normalized spacial score (nSPS) is 24.2. The summed E-state index contributed by atoms with van der Waals surface area (Å²) in [5.41, 5.74) is 0.672. The van der Waals surface area contributed by atoms with E-state index in [-0.39, 0.29) is 42.3 Å². The van der Waals surface area contributed by atoms with Gasteiger partial charge in [0.1, 0.15) is 5.75 Å². The van der Waals surface area contributed by atoms with Crippen LogP contribution in [-0.4, -0.2) is 62.4 Å². The largest absolute Gasteiger partial charge is 0.492 e. The van der Waals surface area contributed by atoms with E-state index in [1.54, 1.807) is 9.80 Å². The van der Waals surface area contributed by atoms with Crippen LogP contribution in [0.2, 0.25) is 0 Å². The lowest BCUT2D eigenvalue weighted by molar-refractivity contribution is -0.137. The molecular weight excluding hydrogens is 368 g/mol. The Balaban J connectivity index is 1.76. The topological polar surface area (TPSA) is 84.0 Å². The maximum absolute atomic E-state index is 13.0. The van der Waals surface area contributed by atoms with Crippen molar-refractivity contribution in [2.45, 2.75) is 32.7 Å². The van der Waals surface area contributed by atoms with Gasteiger partial charge in [0, 0.05) is 25.6 Å². The second kappa shape index (κ2) is 7.88. The SMILES string of the molecule is CCOc1ccccc1N1C[C@@H](C(=O)N(CC)[C@@H]2CCS(=O)(=O)C2)CC1=O. The zero-order valence-electron chi connectivity index (χ0n) is 15.8. The summed E-state index contributed by atoms with van der Waals surface area (Å²) < 4.78 is 29.2. The molecular formula is C19H26N2O5S. The minimum absolute atomic E-state index is 0.0180. The van der Waals surface area contributed by atoms with Crippen molar-refractivity contribution in [3.63, 3.8) is 0 Å². The predicted molar refractivity (Wildman–Crippen MR) is 103 cm³/mol. The third-order valence-corrected chi connectivity index (χ3v) is 6.95. The third-order valence-electron chi connectivity index (χ3n) is 5.20. The molecule has 148 valence electrons. The fraction of sp³-hybridized carbons (Fsp3) is 0.579. The van der Waals surface area contributed by atoms with Crippen LogP contribution in [0.5, 0.6) is 5.75 Å². The molecule has 2 aliphatic heterocycles. The summed E-state index contributed by atoms with van der Waals surface area (Å²) in [5, 5.41) is 0. The summed E-state index contributed by atoms with van der Waals surface area (Å²) in [5.74, 6) is 0.0503. The molecule has 3 rings (SSSR count). The summed E-state index contributed by atoms with van der Waals surface area (Å²) in [7, 11) is -3.07. The average molecular weight is 394 g/mol. The zero-order chi connectivity index (χ0) is 19.6. The van der Waals surface area contributed by atoms with Crippen molar-refractivity contribution in [2.24, 2.45) is 5.92 Å². The number of carbonyl (C=O) groups excluding carboxylic acids is 2. The highest BCUT2D eigenvalue weighted by Crippen LogP contribution is 2.34. The maximum atomic E-state index is 13.0. The van der Waals surface area contributed by atoms with E-state index >= 15 is 0 Å². The summed E-state index contributed by atoms with van der Waals surface area (Å²) in [6, 6.07) is 7.02. The zero-order valence-corrected chi connectivity index (χ0v) is 16.6. The number of hydrogen-bond donors (Lipinski definition) is 0. The number of rotatable bonds is 6. The molecule has 7 nitrogen and oxygen atoms in total. The molecule has 27 heavy (non-hydrogen) atoms. The van der Waals surface area contributed by atoms with E-state index in [9.17, 15) is 18.0 Å². The Labute approximate surface area is 160 Å². The van der Waals surface area contributed by atoms with Crippen molar-refractivity contribution < 1.29 is 22.7 Å². The Morgan fingerprint density at radius 3 is 2.67 bits per heavy atom. The van der Waals surface area contributed by atoms with E-state index in [1.165, 1.54) is 0 Å². The number of carbonyl (C=O) groups is 2. The van der Waals surface area contributed by atoms with Crippen molar-refractivity contribution in [3.05, 3.63) is 24.3 Å². The molecule has 0 unspecified atom stereocenters. The van der Waals surface area contributed by atoms with Crippen LogP contribution < -0.4 is 9.64 Å². The smallest absolute Gasteiger partial charge is 0.228 e. The monoisotopic (exact) mass is 394 g/mol. The van der Waals surface area contributed by atoms with Crippen LogP contribution in [0.4, 0.5) is 5.69 Å². The lowest BCUT2D eigenvalue weighted by Gasteiger charge is -2.29. The molecule has 1 aromatic carbocycles. The van der Waals surface area contributed by atoms with Crippen molar-refractivity contribution in [3.8, 4) is 5.75 Å². The minimum atomic E-state index is -3.07. The number of benzene rings is 1. The summed E-state index contributed by atoms with van der Waals surface area (Å²) in [4.78, 5) is 28.9. The lowest BCUT2D eigenvalue weighted by atomic mass is 10.1. The van der Waals surface area contributed by atoms with Gasteiger partial charge in [-0.05, 0) is 32.4 Å². The summed E-state index contributed by atoms with van der Waals surface area (Å²) >= 11 is 0. The van der Waals surface area contributed by atoms with E-state index in [2.05, 4.69) is 0 Å². The second-order valence-corrected chi connectivity index (χ2v) is 9.22. The Morgan fingerprint density at radius 1 is 1.30 bits per heavy atom. The van der Waals surface area contributed by atoms with Crippen LogP contribution in [0.25, 0.3) is 0 Å². The summed E-state index contributed by atoms with van der Waals surface area (Å²) in [6.07, 6.45) is 0.606. The van der Waals surface area contributed by atoms with E-state index in [4.69, 9.17) is 4.74 Å². The average Bonchev–Trinajstić information content (AvgIpc) is 3.19. The minimum Gasteiger partial charge on any atom is -0.492 e. The standard InChI is InChI=1S/C19H26N2O5S/c1-3-20(15-9-10-27(24,25)13-15)19(23)14-11-18(22)21(12-14)16-7-5-6-8-17(16)26-4-2/h5-8,14-15H,3-4,9-13H2,1-2H3/t14-,15+/m0/s1. The maximum Gasteiger partial charge on any atom is 0.228 e. The van der Waals surface area contributed by atoms with Gasteiger partial charge in [-0.1, -0.05) is 12.1 Å². The Bertz CT molecular complexity index is 823. The van der Waals surface area contributed by atoms with Gasteiger partial charge in [-0.15, -0.1) is 0 Å². The van der Waals surface area contributed by atoms with E-state index < -0.39 is 15.8 Å². The van der Waals surface area contributed by atoms with E-state index in [0.29, 0.717) is 31.0 Å².